The Balaban J connectivity index is 1.49. The second-order valence-electron chi connectivity index (χ2n) is 9.19. The average molecular weight is 498 g/mol. The summed E-state index contributed by atoms with van der Waals surface area (Å²) < 4.78 is 40.8. The van der Waals surface area contributed by atoms with Crippen LogP contribution in [0, 0.1) is 5.82 Å². The first kappa shape index (κ1) is 23.8. The van der Waals surface area contributed by atoms with E-state index in [1.165, 1.54) is 12.1 Å². The Kier molecular flexibility index (Phi) is 6.15. The molecule has 0 radical (unpaired) electrons. The van der Waals surface area contributed by atoms with Crippen LogP contribution in [0.15, 0.2) is 48.8 Å². The number of urea groups is 1. The normalized spacial score (nSPS) is 19.1. The Morgan fingerprint density at radius 3 is 2.69 bits per heavy atom. The van der Waals surface area contributed by atoms with Crippen LogP contribution < -0.4 is 20.0 Å². The van der Waals surface area contributed by atoms with Crippen LogP contribution >= 0.6 is 0 Å². The molecule has 0 unspecified atom stereocenters. The monoisotopic (exact) mass is 497 g/mol. The third-order valence-electron chi connectivity index (χ3n) is 6.53. The molecule has 5 rings (SSSR count). The highest BCUT2D eigenvalue weighted by molar-refractivity contribution is 6.03. The van der Waals surface area contributed by atoms with Gasteiger partial charge in [-0.15, -0.1) is 0 Å². The van der Waals surface area contributed by atoms with Gasteiger partial charge in [-0.25, -0.2) is 32.9 Å². The van der Waals surface area contributed by atoms with E-state index in [1.807, 2.05) is 31.0 Å². The molecule has 1 N–H and O–H groups in total. The predicted molar refractivity (Wildman–Crippen MR) is 132 cm³/mol. The Bertz CT molecular complexity index is 1270. The molecule has 8 nitrogen and oxygen atoms in total. The number of rotatable bonds is 3. The highest BCUT2D eigenvalue weighted by Gasteiger charge is 2.39. The van der Waals surface area contributed by atoms with Gasteiger partial charge in [-0.2, -0.15) is 0 Å². The van der Waals surface area contributed by atoms with Gasteiger partial charge in [0.1, 0.15) is 17.5 Å². The molecule has 1 atom stereocenters. The number of hydrogen-bond donors (Lipinski definition) is 1. The molecule has 36 heavy (non-hydrogen) atoms. The molecule has 5 heterocycles. The van der Waals surface area contributed by atoms with Crippen LogP contribution in [0.2, 0.25) is 0 Å². The fourth-order valence-electron chi connectivity index (χ4n) is 4.51. The lowest BCUT2D eigenvalue weighted by Gasteiger charge is -2.28. The van der Waals surface area contributed by atoms with Crippen molar-refractivity contribution < 1.29 is 18.0 Å². The maximum atomic E-state index is 13.7. The molecule has 2 aliphatic heterocycles. The topological polar surface area (TPSA) is 77.5 Å². The first-order valence-corrected chi connectivity index (χ1v) is 11.7. The lowest BCUT2D eigenvalue weighted by atomic mass is 10.1. The van der Waals surface area contributed by atoms with Gasteiger partial charge < -0.3 is 9.80 Å². The van der Waals surface area contributed by atoms with Crippen molar-refractivity contribution in [2.75, 3.05) is 46.7 Å². The Morgan fingerprint density at radius 2 is 1.97 bits per heavy atom. The standard InChI is InChI=1S/C25H26F3N7O/c1-16-8-11-33(2)20-5-4-19(17-7-10-29-22(13-17)34-12-9-25(27,28)15-34)31-23(20)35(16)24(36)32-21-6-3-18(26)14-30-21/h3-7,10,13-14,16H,8-9,11-12,15H2,1-2H3,(H,30,32,36)/t16-/m1/s1. The van der Waals surface area contributed by atoms with Gasteiger partial charge in [0.2, 0.25) is 0 Å². The molecule has 1 saturated heterocycles. The zero-order valence-corrected chi connectivity index (χ0v) is 20.0. The summed E-state index contributed by atoms with van der Waals surface area (Å²) in [5.41, 5.74) is 2.07. The van der Waals surface area contributed by atoms with Crippen LogP contribution in [0.5, 0.6) is 0 Å². The molecule has 11 heteroatoms. The number of halogens is 3. The fourth-order valence-corrected chi connectivity index (χ4v) is 4.51. The molecule has 3 aromatic rings. The van der Waals surface area contributed by atoms with Crippen molar-refractivity contribution in [3.63, 3.8) is 0 Å². The van der Waals surface area contributed by atoms with Crippen molar-refractivity contribution in [3.8, 4) is 11.3 Å². The number of carbonyl (C=O) groups is 1. The molecule has 0 aliphatic carbocycles. The summed E-state index contributed by atoms with van der Waals surface area (Å²) >= 11 is 0. The van der Waals surface area contributed by atoms with Gasteiger partial charge in [-0.3, -0.25) is 10.2 Å². The molecule has 0 spiro atoms. The van der Waals surface area contributed by atoms with Gasteiger partial charge in [-0.05, 0) is 49.7 Å². The van der Waals surface area contributed by atoms with E-state index in [9.17, 15) is 18.0 Å². The number of amides is 2. The van der Waals surface area contributed by atoms with Crippen molar-refractivity contribution in [2.45, 2.75) is 31.7 Å². The van der Waals surface area contributed by atoms with Crippen LogP contribution in [0.3, 0.4) is 0 Å². The average Bonchev–Trinajstić information content (AvgIpc) is 3.17. The summed E-state index contributed by atoms with van der Waals surface area (Å²) in [6, 6.07) is 9.26. The van der Waals surface area contributed by atoms with E-state index in [0.717, 1.165) is 18.4 Å². The van der Waals surface area contributed by atoms with Crippen LogP contribution in [-0.2, 0) is 0 Å². The summed E-state index contributed by atoms with van der Waals surface area (Å²) in [6.45, 7) is 2.52. The van der Waals surface area contributed by atoms with Crippen LogP contribution in [0.1, 0.15) is 19.8 Å². The summed E-state index contributed by atoms with van der Waals surface area (Å²) in [4.78, 5) is 31.6. The van der Waals surface area contributed by atoms with Gasteiger partial charge >= 0.3 is 6.03 Å². The lowest BCUT2D eigenvalue weighted by Crippen LogP contribution is -2.42. The number of alkyl halides is 2. The predicted octanol–water partition coefficient (Wildman–Crippen LogP) is 4.79. The Morgan fingerprint density at radius 1 is 1.14 bits per heavy atom. The molecule has 0 saturated carbocycles. The SMILES string of the molecule is C[C@@H]1CCN(C)c2ccc(-c3ccnc(N4CCC(F)(F)C4)c3)nc2N1C(=O)Nc1ccc(F)cn1. The van der Waals surface area contributed by atoms with Crippen molar-refractivity contribution in [3.05, 3.63) is 54.6 Å². The van der Waals surface area contributed by atoms with E-state index in [2.05, 4.69) is 15.3 Å². The molecular formula is C25H26F3N7O. The second-order valence-corrected chi connectivity index (χ2v) is 9.19. The summed E-state index contributed by atoms with van der Waals surface area (Å²) in [5.74, 6) is -2.07. The van der Waals surface area contributed by atoms with Gasteiger partial charge in [0.05, 0.1) is 24.1 Å². The first-order valence-electron chi connectivity index (χ1n) is 11.7. The van der Waals surface area contributed by atoms with Crippen molar-refractivity contribution >= 4 is 29.2 Å². The van der Waals surface area contributed by atoms with Crippen molar-refractivity contribution in [2.24, 2.45) is 0 Å². The van der Waals surface area contributed by atoms with Crippen LogP contribution in [0.4, 0.5) is 41.1 Å². The van der Waals surface area contributed by atoms with E-state index in [1.54, 1.807) is 28.1 Å². The van der Waals surface area contributed by atoms with E-state index in [4.69, 9.17) is 4.98 Å². The van der Waals surface area contributed by atoms with E-state index < -0.39 is 17.8 Å². The molecule has 0 aromatic carbocycles. The highest BCUT2D eigenvalue weighted by Crippen LogP contribution is 2.36. The van der Waals surface area contributed by atoms with Gasteiger partial charge in [-0.1, -0.05) is 0 Å². The molecule has 1 fully saturated rings. The maximum absolute atomic E-state index is 13.7. The quantitative estimate of drug-likeness (QED) is 0.561. The molecule has 2 amide bonds. The summed E-state index contributed by atoms with van der Waals surface area (Å²) in [5, 5.41) is 2.73. The van der Waals surface area contributed by atoms with E-state index in [0.29, 0.717) is 29.3 Å². The first-order chi connectivity index (χ1) is 17.2. The number of nitrogens with one attached hydrogen (secondary N) is 1. The fraction of sp³-hybridized carbons (Fsp3) is 0.360. The van der Waals surface area contributed by atoms with Crippen LogP contribution in [-0.4, -0.2) is 59.6 Å². The van der Waals surface area contributed by atoms with Gasteiger partial charge in [0.15, 0.2) is 5.82 Å². The van der Waals surface area contributed by atoms with E-state index in [-0.39, 0.29) is 31.4 Å². The molecule has 188 valence electrons. The van der Waals surface area contributed by atoms with Crippen molar-refractivity contribution in [1.29, 1.82) is 0 Å². The molecular weight excluding hydrogens is 471 g/mol. The third kappa shape index (κ3) is 4.77. The Labute approximate surface area is 206 Å². The molecule has 2 aliphatic rings. The number of nitrogens with zero attached hydrogens (tertiary/aromatic N) is 6. The minimum absolute atomic E-state index is 0.184. The third-order valence-corrected chi connectivity index (χ3v) is 6.53. The smallest absolute Gasteiger partial charge is 0.328 e. The zero-order chi connectivity index (χ0) is 25.4. The number of aromatic nitrogens is 3. The highest BCUT2D eigenvalue weighted by atomic mass is 19.3. The summed E-state index contributed by atoms with van der Waals surface area (Å²) in [7, 11) is 1.94. The van der Waals surface area contributed by atoms with Gasteiger partial charge in [0, 0.05) is 44.4 Å². The lowest BCUT2D eigenvalue weighted by molar-refractivity contribution is 0.0256. The van der Waals surface area contributed by atoms with Crippen molar-refractivity contribution in [1.82, 2.24) is 15.0 Å². The number of fused-ring (bicyclic) bond motifs is 1. The molecule has 3 aromatic heterocycles. The number of anilines is 4. The van der Waals surface area contributed by atoms with E-state index >= 15 is 0 Å². The largest absolute Gasteiger partial charge is 0.372 e. The zero-order valence-electron chi connectivity index (χ0n) is 20.0. The molecule has 0 bridgehead atoms. The Hall–Kier alpha value is -3.89. The maximum Gasteiger partial charge on any atom is 0.328 e. The van der Waals surface area contributed by atoms with Crippen LogP contribution in [0.25, 0.3) is 11.3 Å². The second kappa shape index (κ2) is 9.29. The minimum atomic E-state index is -2.73. The summed E-state index contributed by atoms with van der Waals surface area (Å²) in [6.07, 6.45) is 3.12. The minimum Gasteiger partial charge on any atom is -0.372 e. The number of hydrogen-bond acceptors (Lipinski definition) is 6. The van der Waals surface area contributed by atoms with Gasteiger partial charge in [0.25, 0.3) is 5.92 Å². The number of pyridine rings is 3. The number of carbonyl (C=O) groups excluding carboxylic acids is 1.